The third kappa shape index (κ3) is 3.50. The van der Waals surface area contributed by atoms with Crippen LogP contribution in [0.3, 0.4) is 0 Å². The molecule has 4 heteroatoms. The number of aromatic nitrogens is 1. The smallest absolute Gasteiger partial charge is 0.250 e. The highest BCUT2D eigenvalue weighted by atomic mass is 35.5. The van der Waals surface area contributed by atoms with Gasteiger partial charge in [0, 0.05) is 36.9 Å². The summed E-state index contributed by atoms with van der Waals surface area (Å²) in [4.78, 5) is 13.8. The minimum Gasteiger partial charge on any atom is -0.319 e. The van der Waals surface area contributed by atoms with Gasteiger partial charge in [-0.2, -0.15) is 0 Å². The number of hydrogen-bond donors (Lipinski definition) is 0. The van der Waals surface area contributed by atoms with E-state index >= 15 is 0 Å². The van der Waals surface area contributed by atoms with Crippen LogP contribution in [-0.4, -0.2) is 16.5 Å². The summed E-state index contributed by atoms with van der Waals surface area (Å²) in [6.45, 7) is 2.88. The summed E-state index contributed by atoms with van der Waals surface area (Å²) in [6, 6.07) is 11.8. The molecule has 2 aromatic rings. The van der Waals surface area contributed by atoms with E-state index in [-0.39, 0.29) is 11.6 Å². The molecular formula is C16H19ClN2O. The van der Waals surface area contributed by atoms with Gasteiger partial charge in [0.25, 0.3) is 5.56 Å². The third-order valence-corrected chi connectivity index (χ3v) is 3.87. The Morgan fingerprint density at radius 1 is 1.25 bits per heavy atom. The second-order valence-electron chi connectivity index (χ2n) is 5.13. The number of nitrogens with zero attached hydrogens (tertiary/aromatic N) is 2. The fraction of sp³-hybridized carbons (Fsp3) is 0.312. The molecule has 0 fully saturated rings. The van der Waals surface area contributed by atoms with Crippen LogP contribution in [0.1, 0.15) is 24.1 Å². The average molecular weight is 291 g/mol. The van der Waals surface area contributed by atoms with E-state index in [1.165, 1.54) is 5.56 Å². The van der Waals surface area contributed by atoms with Crippen molar-refractivity contribution in [1.82, 2.24) is 9.47 Å². The van der Waals surface area contributed by atoms with Crippen LogP contribution in [-0.2, 0) is 13.6 Å². The molecule has 0 bridgehead atoms. The summed E-state index contributed by atoms with van der Waals surface area (Å²) >= 11 is 5.91. The summed E-state index contributed by atoms with van der Waals surface area (Å²) < 4.78 is 1.58. The number of rotatable bonds is 4. The number of benzene rings is 1. The van der Waals surface area contributed by atoms with E-state index in [1.807, 2.05) is 30.3 Å². The second-order valence-corrected chi connectivity index (χ2v) is 5.56. The standard InChI is InChI=1S/C16H19ClN2O/c1-12(14-4-6-15(17)7-5-14)19(3)11-13-8-9-18(2)16(20)10-13/h4-10,12H,11H2,1-3H3/t12-/m0/s1. The molecule has 0 saturated carbocycles. The SMILES string of the molecule is C[C@@H](c1ccc(Cl)cc1)N(C)Cc1ccn(C)c(=O)c1. The van der Waals surface area contributed by atoms with Gasteiger partial charge < -0.3 is 4.57 Å². The first kappa shape index (κ1) is 14.8. The van der Waals surface area contributed by atoms with Crippen LogP contribution in [0.4, 0.5) is 0 Å². The van der Waals surface area contributed by atoms with Crippen molar-refractivity contribution in [3.05, 3.63) is 69.1 Å². The molecule has 1 atom stereocenters. The van der Waals surface area contributed by atoms with Gasteiger partial charge in [-0.05, 0) is 43.3 Å². The van der Waals surface area contributed by atoms with Crippen molar-refractivity contribution in [2.75, 3.05) is 7.05 Å². The summed E-state index contributed by atoms with van der Waals surface area (Å²) in [5.41, 5.74) is 2.26. The summed E-state index contributed by atoms with van der Waals surface area (Å²) in [5, 5.41) is 0.746. The Bertz CT molecular complexity index is 634. The van der Waals surface area contributed by atoms with Gasteiger partial charge in [-0.25, -0.2) is 0 Å². The van der Waals surface area contributed by atoms with Gasteiger partial charge in [-0.15, -0.1) is 0 Å². The predicted molar refractivity (Wildman–Crippen MR) is 83.0 cm³/mol. The Labute approximate surface area is 124 Å². The molecule has 106 valence electrons. The molecule has 0 aliphatic heterocycles. The van der Waals surface area contributed by atoms with Crippen molar-refractivity contribution in [1.29, 1.82) is 0 Å². The van der Waals surface area contributed by atoms with Crippen LogP contribution in [0.2, 0.25) is 5.02 Å². The molecule has 0 N–H and O–H groups in total. The largest absolute Gasteiger partial charge is 0.319 e. The van der Waals surface area contributed by atoms with E-state index in [4.69, 9.17) is 11.6 Å². The predicted octanol–water partition coefficient (Wildman–Crippen LogP) is 3.23. The zero-order valence-corrected chi connectivity index (χ0v) is 12.8. The molecule has 0 saturated heterocycles. The van der Waals surface area contributed by atoms with Gasteiger partial charge in [0.1, 0.15) is 0 Å². The van der Waals surface area contributed by atoms with Crippen molar-refractivity contribution in [3.63, 3.8) is 0 Å². The van der Waals surface area contributed by atoms with Crippen LogP contribution < -0.4 is 5.56 Å². The minimum absolute atomic E-state index is 0.0232. The van der Waals surface area contributed by atoms with Crippen LogP contribution in [0.15, 0.2) is 47.4 Å². The van der Waals surface area contributed by atoms with Gasteiger partial charge in [0.2, 0.25) is 0 Å². The third-order valence-electron chi connectivity index (χ3n) is 3.61. The van der Waals surface area contributed by atoms with E-state index in [0.717, 1.165) is 17.1 Å². The Kier molecular flexibility index (Phi) is 4.63. The van der Waals surface area contributed by atoms with Gasteiger partial charge >= 0.3 is 0 Å². The van der Waals surface area contributed by atoms with Crippen molar-refractivity contribution in [3.8, 4) is 0 Å². The molecule has 0 amide bonds. The quantitative estimate of drug-likeness (QED) is 0.864. The second kappa shape index (κ2) is 6.25. The molecule has 0 aliphatic rings. The highest BCUT2D eigenvalue weighted by Crippen LogP contribution is 2.22. The lowest BCUT2D eigenvalue weighted by molar-refractivity contribution is 0.253. The normalized spacial score (nSPS) is 12.7. The summed E-state index contributed by atoms with van der Waals surface area (Å²) in [7, 11) is 3.81. The van der Waals surface area contributed by atoms with Gasteiger partial charge in [-0.3, -0.25) is 9.69 Å². The number of hydrogen-bond acceptors (Lipinski definition) is 2. The Morgan fingerprint density at radius 2 is 1.90 bits per heavy atom. The van der Waals surface area contributed by atoms with Gasteiger partial charge in [-0.1, -0.05) is 23.7 Å². The molecule has 0 aliphatic carbocycles. The van der Waals surface area contributed by atoms with E-state index in [1.54, 1.807) is 23.9 Å². The molecule has 0 unspecified atom stereocenters. The maximum atomic E-state index is 11.6. The van der Waals surface area contributed by atoms with Crippen molar-refractivity contribution in [2.24, 2.45) is 7.05 Å². The molecule has 1 aromatic carbocycles. The topological polar surface area (TPSA) is 25.2 Å². The van der Waals surface area contributed by atoms with Crippen molar-refractivity contribution < 1.29 is 0 Å². The molecule has 1 heterocycles. The molecule has 3 nitrogen and oxygen atoms in total. The molecular weight excluding hydrogens is 272 g/mol. The Hall–Kier alpha value is -1.58. The van der Waals surface area contributed by atoms with Crippen LogP contribution in [0, 0.1) is 0 Å². The average Bonchev–Trinajstić information content (AvgIpc) is 2.43. The highest BCUT2D eigenvalue weighted by molar-refractivity contribution is 6.30. The highest BCUT2D eigenvalue weighted by Gasteiger charge is 2.12. The van der Waals surface area contributed by atoms with E-state index in [2.05, 4.69) is 18.9 Å². The van der Waals surface area contributed by atoms with E-state index < -0.39 is 0 Å². The number of halogens is 1. The van der Waals surface area contributed by atoms with E-state index in [0.29, 0.717) is 0 Å². The lowest BCUT2D eigenvalue weighted by atomic mass is 10.1. The fourth-order valence-electron chi connectivity index (χ4n) is 2.11. The minimum atomic E-state index is 0.0232. The zero-order chi connectivity index (χ0) is 14.7. The number of pyridine rings is 1. The molecule has 0 radical (unpaired) electrons. The fourth-order valence-corrected chi connectivity index (χ4v) is 2.23. The summed E-state index contributed by atoms with van der Waals surface area (Å²) in [5.74, 6) is 0. The first-order chi connectivity index (χ1) is 9.47. The van der Waals surface area contributed by atoms with E-state index in [9.17, 15) is 4.79 Å². The lowest BCUT2D eigenvalue weighted by Gasteiger charge is -2.25. The first-order valence-electron chi connectivity index (χ1n) is 6.58. The molecule has 0 spiro atoms. The Balaban J connectivity index is 2.10. The van der Waals surface area contributed by atoms with Gasteiger partial charge in [0.15, 0.2) is 0 Å². The van der Waals surface area contributed by atoms with Crippen LogP contribution >= 0.6 is 11.6 Å². The monoisotopic (exact) mass is 290 g/mol. The maximum absolute atomic E-state index is 11.6. The van der Waals surface area contributed by atoms with Gasteiger partial charge in [0.05, 0.1) is 0 Å². The maximum Gasteiger partial charge on any atom is 0.250 e. The van der Waals surface area contributed by atoms with Crippen molar-refractivity contribution in [2.45, 2.75) is 19.5 Å². The molecule has 2 rings (SSSR count). The van der Waals surface area contributed by atoms with Crippen LogP contribution in [0.5, 0.6) is 0 Å². The molecule has 1 aromatic heterocycles. The first-order valence-corrected chi connectivity index (χ1v) is 6.96. The Morgan fingerprint density at radius 3 is 2.50 bits per heavy atom. The lowest BCUT2D eigenvalue weighted by Crippen LogP contribution is -2.23. The number of aryl methyl sites for hydroxylation is 1. The van der Waals surface area contributed by atoms with Crippen molar-refractivity contribution >= 4 is 11.6 Å². The zero-order valence-electron chi connectivity index (χ0n) is 12.0. The summed E-state index contributed by atoms with van der Waals surface area (Å²) in [6.07, 6.45) is 1.80. The molecule has 20 heavy (non-hydrogen) atoms. The van der Waals surface area contributed by atoms with Crippen LogP contribution in [0.25, 0.3) is 0 Å².